The second kappa shape index (κ2) is 11.8. The Kier molecular flexibility index (Phi) is 8.96. The molecule has 0 amide bonds. The number of benzene rings is 2. The van der Waals surface area contributed by atoms with Gasteiger partial charge in [-0.15, -0.1) is 0 Å². The van der Waals surface area contributed by atoms with E-state index < -0.39 is 18.2 Å². The fourth-order valence-electron chi connectivity index (χ4n) is 2.37. The van der Waals surface area contributed by atoms with E-state index in [0.29, 0.717) is 6.29 Å². The Bertz CT molecular complexity index is 712. The molecule has 142 valence electrons. The van der Waals surface area contributed by atoms with E-state index in [4.69, 9.17) is 14.2 Å². The minimum absolute atomic E-state index is 0.267. The average molecular weight is 368 g/mol. The van der Waals surface area contributed by atoms with E-state index in [0.717, 1.165) is 11.1 Å². The highest BCUT2D eigenvalue weighted by atomic mass is 16.5. The molecule has 0 aromatic heterocycles. The van der Waals surface area contributed by atoms with Crippen molar-refractivity contribution in [3.63, 3.8) is 0 Å². The zero-order valence-electron chi connectivity index (χ0n) is 15.3. The lowest BCUT2D eigenvalue weighted by Gasteiger charge is -2.21. The van der Waals surface area contributed by atoms with Crippen molar-refractivity contribution in [3.8, 4) is 0 Å². The van der Waals surface area contributed by atoms with Crippen LogP contribution >= 0.6 is 0 Å². The monoisotopic (exact) mass is 368 g/mol. The van der Waals surface area contributed by atoms with Crippen molar-refractivity contribution in [2.24, 2.45) is 0 Å². The molecule has 0 heterocycles. The van der Waals surface area contributed by atoms with Crippen molar-refractivity contribution < 1.29 is 23.8 Å². The van der Waals surface area contributed by atoms with Crippen LogP contribution in [0.5, 0.6) is 0 Å². The molecule has 0 bridgehead atoms. The number of hydrogen-bond donors (Lipinski definition) is 0. The third kappa shape index (κ3) is 7.56. The number of aldehydes is 1. The Balaban J connectivity index is 2.04. The highest BCUT2D eigenvalue weighted by Crippen LogP contribution is 2.12. The summed E-state index contributed by atoms with van der Waals surface area (Å²) in [6, 6.07) is 19.1. The Morgan fingerprint density at radius 2 is 1.41 bits per heavy atom. The van der Waals surface area contributed by atoms with Crippen molar-refractivity contribution in [1.82, 2.24) is 0 Å². The van der Waals surface area contributed by atoms with Gasteiger partial charge in [0, 0.05) is 6.08 Å². The van der Waals surface area contributed by atoms with Crippen molar-refractivity contribution in [2.45, 2.75) is 32.3 Å². The van der Waals surface area contributed by atoms with E-state index in [1.165, 1.54) is 12.2 Å². The molecule has 2 aromatic carbocycles. The van der Waals surface area contributed by atoms with Crippen molar-refractivity contribution in [3.05, 3.63) is 83.9 Å². The Morgan fingerprint density at radius 3 is 1.89 bits per heavy atom. The zero-order valence-corrected chi connectivity index (χ0v) is 15.3. The summed E-state index contributed by atoms with van der Waals surface area (Å²) < 4.78 is 16.5. The van der Waals surface area contributed by atoms with Gasteiger partial charge in [0.1, 0.15) is 12.2 Å². The van der Waals surface area contributed by atoms with Gasteiger partial charge in [0.2, 0.25) is 0 Å². The van der Waals surface area contributed by atoms with Crippen LogP contribution in [0, 0.1) is 0 Å². The second-order valence-corrected chi connectivity index (χ2v) is 5.77. The maximum Gasteiger partial charge on any atom is 0.330 e. The maximum absolute atomic E-state index is 11.6. The van der Waals surface area contributed by atoms with Gasteiger partial charge in [-0.3, -0.25) is 0 Å². The van der Waals surface area contributed by atoms with Crippen LogP contribution < -0.4 is 0 Å². The van der Waals surface area contributed by atoms with Gasteiger partial charge in [0.15, 0.2) is 6.29 Å². The van der Waals surface area contributed by atoms with Crippen LogP contribution in [0.15, 0.2) is 72.8 Å². The van der Waals surface area contributed by atoms with Crippen LogP contribution in [0.3, 0.4) is 0 Å². The largest absolute Gasteiger partial charge is 0.463 e. The summed E-state index contributed by atoms with van der Waals surface area (Å²) in [5.41, 5.74) is 1.90. The first-order valence-corrected chi connectivity index (χ1v) is 8.84. The van der Waals surface area contributed by atoms with Gasteiger partial charge in [-0.05, 0) is 24.1 Å². The third-order valence-corrected chi connectivity index (χ3v) is 3.74. The average Bonchev–Trinajstić information content (AvgIpc) is 2.71. The molecule has 2 atom stereocenters. The number of esters is 1. The Morgan fingerprint density at radius 1 is 0.889 bits per heavy atom. The predicted octanol–water partition coefficient (Wildman–Crippen LogP) is 3.48. The quantitative estimate of drug-likeness (QED) is 0.345. The number of ether oxygens (including phenoxy) is 3. The lowest BCUT2D eigenvalue weighted by atomic mass is 10.2. The first kappa shape index (κ1) is 20.6. The van der Waals surface area contributed by atoms with Crippen molar-refractivity contribution in [2.75, 3.05) is 6.61 Å². The highest BCUT2D eigenvalue weighted by Gasteiger charge is 2.21. The van der Waals surface area contributed by atoms with Gasteiger partial charge in [-0.2, -0.15) is 0 Å². The summed E-state index contributed by atoms with van der Waals surface area (Å²) in [5, 5.41) is 0. The predicted molar refractivity (Wildman–Crippen MR) is 102 cm³/mol. The fraction of sp³-hybridized carbons (Fsp3) is 0.273. The van der Waals surface area contributed by atoms with Gasteiger partial charge >= 0.3 is 5.97 Å². The summed E-state index contributed by atoms with van der Waals surface area (Å²) in [7, 11) is 0. The summed E-state index contributed by atoms with van der Waals surface area (Å²) in [4.78, 5) is 23.2. The molecular weight excluding hydrogens is 344 g/mol. The number of rotatable bonds is 11. The van der Waals surface area contributed by atoms with Gasteiger partial charge in [0.05, 0.1) is 19.8 Å². The summed E-state index contributed by atoms with van der Waals surface area (Å²) >= 11 is 0. The van der Waals surface area contributed by atoms with Crippen LogP contribution in [-0.2, 0) is 37.0 Å². The normalized spacial score (nSPS) is 13.2. The van der Waals surface area contributed by atoms with Crippen molar-refractivity contribution in [1.29, 1.82) is 0 Å². The molecule has 2 aromatic rings. The van der Waals surface area contributed by atoms with E-state index >= 15 is 0 Å². The molecule has 0 radical (unpaired) electrons. The summed E-state index contributed by atoms with van der Waals surface area (Å²) in [6.07, 6.45) is 1.90. The third-order valence-electron chi connectivity index (χ3n) is 3.74. The lowest BCUT2D eigenvalue weighted by molar-refractivity contribution is -0.137. The van der Waals surface area contributed by atoms with Crippen molar-refractivity contribution >= 4 is 12.3 Å². The summed E-state index contributed by atoms with van der Waals surface area (Å²) in [6.45, 7) is 2.56. The van der Waals surface area contributed by atoms with Gasteiger partial charge in [0.25, 0.3) is 0 Å². The maximum atomic E-state index is 11.6. The molecule has 0 saturated heterocycles. The molecular formula is C22H24O5. The molecule has 0 aliphatic rings. The van der Waals surface area contributed by atoms with Gasteiger partial charge in [-0.1, -0.05) is 60.7 Å². The standard InChI is InChI=1S/C22H24O5/c1-2-25-22(24)14-13-20(26-16-18-9-5-3-6-10-18)21(15-23)27-17-19-11-7-4-8-12-19/h3-15,20-21H,2,16-17H2,1H3/b14-13+/t20-,21-/m0/s1. The first-order chi connectivity index (χ1) is 13.2. The molecule has 0 spiro atoms. The van der Waals surface area contributed by atoms with Crippen LogP contribution in [0.2, 0.25) is 0 Å². The van der Waals surface area contributed by atoms with Crippen LogP contribution in [0.25, 0.3) is 0 Å². The van der Waals surface area contributed by atoms with Crippen LogP contribution in [0.4, 0.5) is 0 Å². The van der Waals surface area contributed by atoms with Crippen LogP contribution in [-0.4, -0.2) is 31.1 Å². The molecule has 0 aliphatic carbocycles. The minimum Gasteiger partial charge on any atom is -0.463 e. The van der Waals surface area contributed by atoms with E-state index in [-0.39, 0.29) is 19.8 Å². The van der Waals surface area contributed by atoms with Gasteiger partial charge in [-0.25, -0.2) is 4.79 Å². The molecule has 5 nitrogen and oxygen atoms in total. The minimum atomic E-state index is -0.848. The smallest absolute Gasteiger partial charge is 0.330 e. The zero-order chi connectivity index (χ0) is 19.3. The van der Waals surface area contributed by atoms with E-state index in [1.807, 2.05) is 60.7 Å². The SMILES string of the molecule is CCOC(=O)/C=C/[C@H](OCc1ccccc1)[C@H](C=O)OCc1ccccc1. The molecule has 0 unspecified atom stereocenters. The topological polar surface area (TPSA) is 61.8 Å². The number of carbonyl (C=O) groups is 2. The Labute approximate surface area is 159 Å². The molecule has 0 saturated carbocycles. The van der Waals surface area contributed by atoms with Gasteiger partial charge < -0.3 is 19.0 Å². The lowest BCUT2D eigenvalue weighted by Crippen LogP contribution is -2.31. The molecule has 2 rings (SSSR count). The number of carbonyl (C=O) groups excluding carboxylic acids is 2. The second-order valence-electron chi connectivity index (χ2n) is 5.77. The van der Waals surface area contributed by atoms with E-state index in [2.05, 4.69) is 0 Å². The molecule has 0 fully saturated rings. The molecule has 27 heavy (non-hydrogen) atoms. The number of hydrogen-bond acceptors (Lipinski definition) is 5. The molecule has 0 N–H and O–H groups in total. The molecule has 5 heteroatoms. The molecule has 0 aliphatic heterocycles. The van der Waals surface area contributed by atoms with E-state index in [1.54, 1.807) is 6.92 Å². The first-order valence-electron chi connectivity index (χ1n) is 8.84. The van der Waals surface area contributed by atoms with E-state index in [9.17, 15) is 9.59 Å². The summed E-state index contributed by atoms with van der Waals surface area (Å²) in [5.74, 6) is -0.487. The fourth-order valence-corrected chi connectivity index (χ4v) is 2.37. The highest BCUT2D eigenvalue weighted by molar-refractivity contribution is 5.82. The Hall–Kier alpha value is -2.76. The van der Waals surface area contributed by atoms with Crippen LogP contribution in [0.1, 0.15) is 18.1 Å².